The van der Waals surface area contributed by atoms with E-state index in [1.807, 2.05) is 21.1 Å². The second-order valence-corrected chi connectivity index (χ2v) is 26.0. The summed E-state index contributed by atoms with van der Waals surface area (Å²) in [6.45, 7) is 4.37. The number of phosphoric ester groups is 1. The number of ether oxygens (including phenoxy) is 2. The molecule has 2 atom stereocenters. The van der Waals surface area contributed by atoms with Crippen molar-refractivity contribution in [1.29, 1.82) is 0 Å². The third-order valence-electron chi connectivity index (χ3n) is 15.2. The fourth-order valence-corrected chi connectivity index (χ4v) is 10.6. The fourth-order valence-electron chi connectivity index (χ4n) is 9.88. The van der Waals surface area contributed by atoms with Crippen molar-refractivity contribution in [3.05, 3.63) is 85.1 Å². The predicted octanol–water partition coefficient (Wildman–Crippen LogP) is 22.5. The predicted molar refractivity (Wildman–Crippen MR) is 358 cm³/mol. The minimum absolute atomic E-state index is 0.0323. The fraction of sp³-hybridized carbons (Fsp3) is 0.781. The van der Waals surface area contributed by atoms with Gasteiger partial charge in [-0.2, -0.15) is 0 Å². The Hall–Kier alpha value is -2.81. The maximum Gasteiger partial charge on any atom is 0.472 e. The van der Waals surface area contributed by atoms with Crippen molar-refractivity contribution in [2.75, 3.05) is 47.5 Å². The second-order valence-electron chi connectivity index (χ2n) is 24.5. The average molecular weight is 1180 g/mol. The summed E-state index contributed by atoms with van der Waals surface area (Å²) in [5, 5.41) is 0. The van der Waals surface area contributed by atoms with Gasteiger partial charge in [0.15, 0.2) is 6.10 Å². The van der Waals surface area contributed by atoms with Crippen molar-refractivity contribution in [3.8, 4) is 0 Å². The highest BCUT2D eigenvalue weighted by atomic mass is 31.2. The number of esters is 2. The van der Waals surface area contributed by atoms with Crippen LogP contribution in [0.2, 0.25) is 0 Å². The molecule has 482 valence electrons. The first-order valence-corrected chi connectivity index (χ1v) is 36.3. The number of unbranched alkanes of at least 4 members (excludes halogenated alkanes) is 36. The quantitative estimate of drug-likeness (QED) is 0.0211. The Balaban J connectivity index is 3.99. The molecule has 0 amide bonds. The van der Waals surface area contributed by atoms with Crippen LogP contribution in [0.1, 0.15) is 316 Å². The van der Waals surface area contributed by atoms with E-state index in [-0.39, 0.29) is 25.6 Å². The third kappa shape index (κ3) is 68.2. The van der Waals surface area contributed by atoms with Crippen molar-refractivity contribution >= 4 is 19.8 Å². The Kier molecular flexibility index (Phi) is 61.5. The van der Waals surface area contributed by atoms with Crippen LogP contribution in [0.5, 0.6) is 0 Å². The first-order valence-electron chi connectivity index (χ1n) is 34.8. The van der Waals surface area contributed by atoms with E-state index in [1.54, 1.807) is 0 Å². The van der Waals surface area contributed by atoms with Crippen molar-refractivity contribution in [1.82, 2.24) is 0 Å². The minimum atomic E-state index is -4.39. The molecule has 10 heteroatoms. The van der Waals surface area contributed by atoms with Crippen molar-refractivity contribution < 1.29 is 42.1 Å². The van der Waals surface area contributed by atoms with E-state index in [1.165, 1.54) is 205 Å². The van der Waals surface area contributed by atoms with Gasteiger partial charge in [0.05, 0.1) is 27.7 Å². The summed E-state index contributed by atoms with van der Waals surface area (Å²) in [5.41, 5.74) is 0. The number of carbonyl (C=O) groups is 2. The van der Waals surface area contributed by atoms with Gasteiger partial charge in [0.2, 0.25) is 0 Å². The summed E-state index contributed by atoms with van der Waals surface area (Å²) in [6, 6.07) is 0. The summed E-state index contributed by atoms with van der Waals surface area (Å²) in [6.07, 6.45) is 86.9. The monoisotopic (exact) mass is 1180 g/mol. The summed E-state index contributed by atoms with van der Waals surface area (Å²) in [4.78, 5) is 35.8. The maximum atomic E-state index is 12.9. The van der Waals surface area contributed by atoms with Gasteiger partial charge in [-0.05, 0) is 70.6 Å². The highest BCUT2D eigenvalue weighted by Crippen LogP contribution is 2.43. The molecule has 0 aromatic rings. The summed E-state index contributed by atoms with van der Waals surface area (Å²) < 4.78 is 34.7. The maximum absolute atomic E-state index is 12.9. The number of quaternary nitrogens is 1. The van der Waals surface area contributed by atoms with Crippen molar-refractivity contribution in [2.45, 2.75) is 322 Å². The van der Waals surface area contributed by atoms with Gasteiger partial charge in [0, 0.05) is 12.8 Å². The van der Waals surface area contributed by atoms with Gasteiger partial charge in [-0.15, -0.1) is 0 Å². The molecule has 0 spiro atoms. The number of allylic oxidation sites excluding steroid dienone is 14. The first-order chi connectivity index (χ1) is 40.5. The van der Waals surface area contributed by atoms with E-state index in [0.29, 0.717) is 23.9 Å². The van der Waals surface area contributed by atoms with E-state index in [0.717, 1.165) is 77.0 Å². The molecule has 0 bridgehead atoms. The number of nitrogens with zero attached hydrogens (tertiary/aromatic N) is 1. The van der Waals surface area contributed by atoms with Crippen LogP contribution in [0, 0.1) is 0 Å². The van der Waals surface area contributed by atoms with Crippen LogP contribution in [-0.4, -0.2) is 74.9 Å². The zero-order chi connectivity index (χ0) is 60.5. The molecule has 0 fully saturated rings. The lowest BCUT2D eigenvalue weighted by molar-refractivity contribution is -0.870. The van der Waals surface area contributed by atoms with Crippen molar-refractivity contribution in [3.63, 3.8) is 0 Å². The van der Waals surface area contributed by atoms with E-state index >= 15 is 0 Å². The SMILES string of the molecule is CC/C=C\C/C=C\C/C=C\C/C=C\C/C=C\C/C=C\C/C=C\CCCCCCCCCCCCCCCCCCCC(=O)OC(COC(=O)CCCCCCCCCCCCCCCCCCCCCC)COP(=O)(O)OCC[N+](C)(C)C. The summed E-state index contributed by atoms with van der Waals surface area (Å²) >= 11 is 0. The summed E-state index contributed by atoms with van der Waals surface area (Å²) in [5.74, 6) is -0.782. The van der Waals surface area contributed by atoms with Crippen LogP contribution in [-0.2, 0) is 32.7 Å². The molecule has 0 saturated carbocycles. The molecule has 83 heavy (non-hydrogen) atoms. The number of phosphoric acid groups is 1. The molecule has 0 aliphatic rings. The largest absolute Gasteiger partial charge is 0.472 e. The van der Waals surface area contributed by atoms with Crippen LogP contribution in [0.3, 0.4) is 0 Å². The Morgan fingerprint density at radius 1 is 0.386 bits per heavy atom. The Labute approximate surface area is 513 Å². The molecule has 1 N–H and O–H groups in total. The lowest BCUT2D eigenvalue weighted by Gasteiger charge is -2.24. The smallest absolute Gasteiger partial charge is 0.462 e. The molecular weight excluding hydrogens is 1050 g/mol. The molecule has 2 unspecified atom stereocenters. The van der Waals surface area contributed by atoms with Gasteiger partial charge < -0.3 is 18.9 Å². The Morgan fingerprint density at radius 3 is 1.02 bits per heavy atom. The van der Waals surface area contributed by atoms with Crippen LogP contribution < -0.4 is 0 Å². The topological polar surface area (TPSA) is 108 Å². The minimum Gasteiger partial charge on any atom is -0.462 e. The molecule has 0 rings (SSSR count). The number of rotatable bonds is 64. The lowest BCUT2D eigenvalue weighted by atomic mass is 10.0. The number of hydrogen-bond donors (Lipinski definition) is 1. The number of carbonyl (C=O) groups excluding carboxylic acids is 2. The lowest BCUT2D eigenvalue weighted by Crippen LogP contribution is -2.37. The average Bonchev–Trinajstić information content (AvgIpc) is 3.48. The molecular formula is C73H133NO8P+. The van der Waals surface area contributed by atoms with Gasteiger partial charge in [-0.3, -0.25) is 18.6 Å². The molecule has 0 aliphatic carbocycles. The molecule has 0 heterocycles. The molecule has 0 aliphatic heterocycles. The normalized spacial score (nSPS) is 13.7. The Morgan fingerprint density at radius 2 is 0.687 bits per heavy atom. The number of likely N-dealkylation sites (N-methyl/N-ethyl adjacent to an activating group) is 1. The van der Waals surface area contributed by atoms with Crippen molar-refractivity contribution in [2.24, 2.45) is 0 Å². The zero-order valence-electron chi connectivity index (χ0n) is 54.9. The van der Waals surface area contributed by atoms with Gasteiger partial charge in [0.25, 0.3) is 0 Å². The molecule has 0 radical (unpaired) electrons. The molecule has 0 aromatic heterocycles. The molecule has 9 nitrogen and oxygen atoms in total. The molecule has 0 saturated heterocycles. The van der Waals surface area contributed by atoms with Gasteiger partial charge in [-0.25, -0.2) is 4.57 Å². The van der Waals surface area contributed by atoms with E-state index < -0.39 is 26.5 Å². The van der Waals surface area contributed by atoms with Crippen LogP contribution in [0.4, 0.5) is 0 Å². The zero-order valence-corrected chi connectivity index (χ0v) is 55.8. The third-order valence-corrected chi connectivity index (χ3v) is 16.2. The highest BCUT2D eigenvalue weighted by molar-refractivity contribution is 7.47. The standard InChI is InChI=1S/C73H132NO8P/c1-6-8-10-12-14-16-18-20-22-24-26-28-29-30-31-32-33-34-35-36-37-38-39-40-41-42-43-44-45-46-48-50-52-54-56-58-60-62-64-66-73(76)82-71(70-81-83(77,78)80-68-67-74(3,4)5)69-79-72(75)65-63-61-59-57-55-53-51-49-47-27-25-23-21-19-17-15-13-11-9-7-2/h8,10,14,16,20,22,26,28,30-31,33-34,36-37,71H,6-7,9,11-13,15,17-19,21,23-25,27,29,32,35,38-70H2,1-5H3/p+1/b10-8-,16-14-,22-20-,28-26-,31-30-,34-33-,37-36-. The number of hydrogen-bond acceptors (Lipinski definition) is 7. The van der Waals surface area contributed by atoms with Gasteiger partial charge >= 0.3 is 19.8 Å². The van der Waals surface area contributed by atoms with E-state index in [2.05, 4.69) is 98.9 Å². The Bertz CT molecular complexity index is 1680. The second kappa shape index (κ2) is 63.7. The summed E-state index contributed by atoms with van der Waals surface area (Å²) in [7, 11) is 1.49. The van der Waals surface area contributed by atoms with Crippen LogP contribution in [0.25, 0.3) is 0 Å². The first kappa shape index (κ1) is 80.2. The van der Waals surface area contributed by atoms with Crippen LogP contribution >= 0.6 is 7.82 Å². The van der Waals surface area contributed by atoms with E-state index in [4.69, 9.17) is 18.5 Å². The molecule has 0 aromatic carbocycles. The van der Waals surface area contributed by atoms with Crippen LogP contribution in [0.15, 0.2) is 85.1 Å². The van der Waals surface area contributed by atoms with E-state index in [9.17, 15) is 19.0 Å². The van der Waals surface area contributed by atoms with Gasteiger partial charge in [-0.1, -0.05) is 317 Å². The highest BCUT2D eigenvalue weighted by Gasteiger charge is 2.27. The van der Waals surface area contributed by atoms with Gasteiger partial charge in [0.1, 0.15) is 19.8 Å².